The van der Waals surface area contributed by atoms with Crippen molar-refractivity contribution >= 4 is 0 Å². The third-order valence-electron chi connectivity index (χ3n) is 3.33. The first kappa shape index (κ1) is 16.4. The Bertz CT molecular complexity index is 215. The molecule has 0 radical (unpaired) electrons. The fourth-order valence-corrected chi connectivity index (χ4v) is 1.91. The molecule has 1 unspecified atom stereocenters. The van der Waals surface area contributed by atoms with E-state index < -0.39 is 0 Å². The second-order valence-corrected chi connectivity index (χ2v) is 5.95. The van der Waals surface area contributed by atoms with Crippen LogP contribution in [0.4, 0.5) is 0 Å². The van der Waals surface area contributed by atoms with Crippen LogP contribution in [-0.2, 0) is 0 Å². The van der Waals surface area contributed by atoms with Gasteiger partial charge in [-0.1, -0.05) is 46.5 Å². The molecule has 0 saturated carbocycles. The number of nitriles is 1. The molecule has 0 bridgehead atoms. The van der Waals surface area contributed by atoms with Gasteiger partial charge in [0.15, 0.2) is 0 Å². The van der Waals surface area contributed by atoms with Crippen molar-refractivity contribution in [2.45, 2.75) is 78.7 Å². The highest BCUT2D eigenvalue weighted by atomic mass is 14.9. The summed E-state index contributed by atoms with van der Waals surface area (Å²) in [5, 5.41) is 12.2. The highest BCUT2D eigenvalue weighted by Crippen LogP contribution is 2.21. The van der Waals surface area contributed by atoms with Gasteiger partial charge in [0, 0.05) is 19.0 Å². The van der Waals surface area contributed by atoms with Crippen LogP contribution in [0.25, 0.3) is 0 Å². The van der Waals surface area contributed by atoms with Gasteiger partial charge in [-0.05, 0) is 25.2 Å². The monoisotopic (exact) mass is 238 g/mol. The summed E-state index contributed by atoms with van der Waals surface area (Å²) in [6.07, 6.45) is 8.29. The van der Waals surface area contributed by atoms with Gasteiger partial charge in [-0.3, -0.25) is 0 Å². The molecule has 2 nitrogen and oxygen atoms in total. The fourth-order valence-electron chi connectivity index (χ4n) is 1.91. The minimum Gasteiger partial charge on any atom is -0.314 e. The maximum Gasteiger partial charge on any atom is 0.0621 e. The summed E-state index contributed by atoms with van der Waals surface area (Å²) in [5.41, 5.74) is 0.243. The van der Waals surface area contributed by atoms with Gasteiger partial charge < -0.3 is 5.32 Å². The van der Waals surface area contributed by atoms with E-state index in [1.165, 1.54) is 32.1 Å². The zero-order chi connectivity index (χ0) is 13.1. The Kier molecular flexibility index (Phi) is 9.17. The summed E-state index contributed by atoms with van der Waals surface area (Å²) in [5.74, 6) is 0. The van der Waals surface area contributed by atoms with Crippen molar-refractivity contribution in [3.63, 3.8) is 0 Å². The van der Waals surface area contributed by atoms with E-state index in [4.69, 9.17) is 5.26 Å². The predicted octanol–water partition coefficient (Wildman–Crippen LogP) is 4.26. The van der Waals surface area contributed by atoms with Crippen molar-refractivity contribution in [2.75, 3.05) is 6.54 Å². The van der Waals surface area contributed by atoms with Gasteiger partial charge in [0.2, 0.25) is 0 Å². The number of rotatable bonds is 10. The second-order valence-electron chi connectivity index (χ2n) is 5.95. The molecule has 0 amide bonds. The minimum absolute atomic E-state index is 0.243. The van der Waals surface area contributed by atoms with Gasteiger partial charge in [-0.15, -0.1) is 0 Å². The predicted molar refractivity (Wildman–Crippen MR) is 74.9 cm³/mol. The Labute approximate surface area is 108 Å². The first-order chi connectivity index (χ1) is 8.02. The number of nitrogens with one attached hydrogen (secondary N) is 1. The third kappa shape index (κ3) is 10.3. The molecule has 0 aliphatic heterocycles. The number of hydrogen-bond acceptors (Lipinski definition) is 2. The third-order valence-corrected chi connectivity index (χ3v) is 3.33. The van der Waals surface area contributed by atoms with E-state index in [9.17, 15) is 0 Å². The minimum atomic E-state index is 0.243. The average Bonchev–Trinajstić information content (AvgIpc) is 2.30. The summed E-state index contributed by atoms with van der Waals surface area (Å²) < 4.78 is 0. The summed E-state index contributed by atoms with van der Waals surface area (Å²) >= 11 is 0. The lowest BCUT2D eigenvalue weighted by Crippen LogP contribution is -2.35. The van der Waals surface area contributed by atoms with Crippen LogP contribution < -0.4 is 5.32 Å². The second kappa shape index (κ2) is 9.48. The van der Waals surface area contributed by atoms with E-state index in [0.717, 1.165) is 13.0 Å². The number of nitrogens with zero attached hydrogens (tertiary/aromatic N) is 1. The van der Waals surface area contributed by atoms with Crippen LogP contribution in [0.5, 0.6) is 0 Å². The summed E-state index contributed by atoms with van der Waals surface area (Å²) in [6.45, 7) is 10.0. The highest BCUT2D eigenvalue weighted by Gasteiger charge is 2.17. The Morgan fingerprint density at radius 3 is 2.53 bits per heavy atom. The molecule has 0 aliphatic carbocycles. The number of hydrogen-bond donors (Lipinski definition) is 1. The molecule has 0 saturated heterocycles. The van der Waals surface area contributed by atoms with Crippen LogP contribution in [-0.4, -0.2) is 12.6 Å². The van der Waals surface area contributed by atoms with Crippen LogP contribution in [0.1, 0.15) is 72.6 Å². The highest BCUT2D eigenvalue weighted by molar-refractivity contribution is 4.79. The fraction of sp³-hybridized carbons (Fsp3) is 0.933. The van der Waals surface area contributed by atoms with Crippen LogP contribution in [0.3, 0.4) is 0 Å². The van der Waals surface area contributed by atoms with Crippen LogP contribution in [0, 0.1) is 16.7 Å². The summed E-state index contributed by atoms with van der Waals surface area (Å²) in [4.78, 5) is 0. The van der Waals surface area contributed by atoms with Crippen molar-refractivity contribution in [1.82, 2.24) is 5.32 Å². The normalized spacial score (nSPS) is 13.4. The van der Waals surface area contributed by atoms with Crippen molar-refractivity contribution in [3.8, 4) is 6.07 Å². The van der Waals surface area contributed by atoms with Gasteiger partial charge in [0.25, 0.3) is 0 Å². The van der Waals surface area contributed by atoms with Gasteiger partial charge in [0.1, 0.15) is 0 Å². The first-order valence-electron chi connectivity index (χ1n) is 7.12. The van der Waals surface area contributed by atoms with Crippen LogP contribution in [0.15, 0.2) is 0 Å². The van der Waals surface area contributed by atoms with Gasteiger partial charge in [-0.2, -0.15) is 5.26 Å². The topological polar surface area (TPSA) is 35.8 Å². The van der Waals surface area contributed by atoms with Crippen LogP contribution >= 0.6 is 0 Å². The molecular weight excluding hydrogens is 208 g/mol. The molecule has 2 heteroatoms. The standard InChI is InChI=1S/C15H30N2/c1-5-6-7-8-10-14(2)17-13-15(3,4)11-9-12-16/h14,17H,5-11,13H2,1-4H3. The zero-order valence-electron chi connectivity index (χ0n) is 12.2. The molecule has 17 heavy (non-hydrogen) atoms. The van der Waals surface area contributed by atoms with Crippen molar-refractivity contribution in [3.05, 3.63) is 0 Å². The number of unbranched alkanes of at least 4 members (excludes halogenated alkanes) is 3. The lowest BCUT2D eigenvalue weighted by Gasteiger charge is -2.26. The zero-order valence-corrected chi connectivity index (χ0v) is 12.2. The molecule has 0 aromatic heterocycles. The molecule has 0 spiro atoms. The molecule has 1 N–H and O–H groups in total. The van der Waals surface area contributed by atoms with Crippen molar-refractivity contribution in [2.24, 2.45) is 5.41 Å². The lowest BCUT2D eigenvalue weighted by molar-refractivity contribution is 0.298. The van der Waals surface area contributed by atoms with Gasteiger partial charge >= 0.3 is 0 Å². The lowest BCUT2D eigenvalue weighted by atomic mass is 9.87. The average molecular weight is 238 g/mol. The molecular formula is C15H30N2. The van der Waals surface area contributed by atoms with E-state index in [2.05, 4.69) is 39.1 Å². The molecule has 0 aliphatic rings. The maximum absolute atomic E-state index is 8.60. The van der Waals surface area contributed by atoms with E-state index >= 15 is 0 Å². The summed E-state index contributed by atoms with van der Waals surface area (Å²) in [6, 6.07) is 2.84. The quantitative estimate of drug-likeness (QED) is 0.577. The van der Waals surface area contributed by atoms with Gasteiger partial charge in [-0.25, -0.2) is 0 Å². The Morgan fingerprint density at radius 1 is 1.24 bits per heavy atom. The Balaban J connectivity index is 3.60. The Morgan fingerprint density at radius 2 is 1.94 bits per heavy atom. The van der Waals surface area contributed by atoms with E-state index in [1.54, 1.807) is 0 Å². The Hall–Kier alpha value is -0.550. The van der Waals surface area contributed by atoms with Crippen LogP contribution in [0.2, 0.25) is 0 Å². The molecule has 0 heterocycles. The first-order valence-corrected chi connectivity index (χ1v) is 7.12. The molecule has 0 aromatic carbocycles. The van der Waals surface area contributed by atoms with Crippen molar-refractivity contribution < 1.29 is 0 Å². The SMILES string of the molecule is CCCCCCC(C)NCC(C)(C)CCC#N. The molecule has 0 fully saturated rings. The summed E-state index contributed by atoms with van der Waals surface area (Å²) in [7, 11) is 0. The molecule has 1 atom stereocenters. The van der Waals surface area contributed by atoms with Crippen molar-refractivity contribution in [1.29, 1.82) is 5.26 Å². The largest absolute Gasteiger partial charge is 0.314 e. The smallest absolute Gasteiger partial charge is 0.0621 e. The molecule has 0 rings (SSSR count). The van der Waals surface area contributed by atoms with E-state index in [1.807, 2.05) is 0 Å². The van der Waals surface area contributed by atoms with E-state index in [0.29, 0.717) is 12.5 Å². The van der Waals surface area contributed by atoms with E-state index in [-0.39, 0.29) is 5.41 Å². The van der Waals surface area contributed by atoms with Gasteiger partial charge in [0.05, 0.1) is 6.07 Å². The molecule has 0 aromatic rings. The maximum atomic E-state index is 8.60. The molecule has 100 valence electrons.